The fraction of sp³-hybridized carbons (Fsp3) is 0.562. The van der Waals surface area contributed by atoms with Gasteiger partial charge in [0, 0.05) is 80.6 Å². The Kier molecular flexibility index (Phi) is 8.20. The highest BCUT2D eigenvalue weighted by molar-refractivity contribution is 5.87. The van der Waals surface area contributed by atoms with E-state index in [2.05, 4.69) is 58.5 Å². The molecule has 0 bridgehead atoms. The molecule has 0 saturated carbocycles. The topological polar surface area (TPSA) is 92.1 Å². The van der Waals surface area contributed by atoms with Gasteiger partial charge in [-0.1, -0.05) is 6.58 Å². The molecule has 0 unspecified atom stereocenters. The van der Waals surface area contributed by atoms with E-state index in [-0.39, 0.29) is 18.4 Å². The number of aromatic nitrogens is 2. The van der Waals surface area contributed by atoms with Crippen molar-refractivity contribution in [3.63, 3.8) is 0 Å². The number of hydrogen-bond acceptors (Lipinski definition) is 9. The van der Waals surface area contributed by atoms with E-state index in [1.54, 1.807) is 4.90 Å². The molecule has 4 aliphatic heterocycles. The summed E-state index contributed by atoms with van der Waals surface area (Å²) in [6, 6.07) is 6.72. The van der Waals surface area contributed by atoms with Crippen LogP contribution in [0.5, 0.6) is 5.88 Å². The summed E-state index contributed by atoms with van der Waals surface area (Å²) in [4.78, 5) is 33.7. The summed E-state index contributed by atoms with van der Waals surface area (Å²) >= 11 is 0. The summed E-state index contributed by atoms with van der Waals surface area (Å²) in [5, 5.41) is 9.54. The number of piperazine rings is 1. The number of anilines is 3. The number of ether oxygens (including phenoxy) is 1. The van der Waals surface area contributed by atoms with Gasteiger partial charge in [-0.3, -0.25) is 4.79 Å². The maximum absolute atomic E-state index is 12.5. The lowest BCUT2D eigenvalue weighted by molar-refractivity contribution is -0.128. The van der Waals surface area contributed by atoms with E-state index in [0.717, 1.165) is 62.5 Å². The van der Waals surface area contributed by atoms with Gasteiger partial charge in [0.2, 0.25) is 11.8 Å². The fourth-order valence-corrected chi connectivity index (χ4v) is 7.12. The predicted molar refractivity (Wildman–Crippen MR) is 164 cm³/mol. The van der Waals surface area contributed by atoms with Crippen LogP contribution in [0.1, 0.15) is 42.5 Å². The Labute approximate surface area is 249 Å². The highest BCUT2D eigenvalue weighted by Crippen LogP contribution is 2.38. The van der Waals surface area contributed by atoms with Crippen LogP contribution >= 0.6 is 0 Å². The Morgan fingerprint density at radius 3 is 2.76 bits per heavy atom. The number of fused-ring (bicyclic) bond motifs is 2. The molecule has 2 fully saturated rings. The van der Waals surface area contributed by atoms with Crippen molar-refractivity contribution >= 4 is 23.1 Å². The van der Waals surface area contributed by atoms with E-state index >= 15 is 0 Å². The summed E-state index contributed by atoms with van der Waals surface area (Å²) in [6.45, 7) is 9.82. The summed E-state index contributed by atoms with van der Waals surface area (Å²) in [5.41, 5.74) is 5.98. The number of nitriles is 1. The largest absolute Gasteiger partial charge is 0.476 e. The lowest BCUT2D eigenvalue weighted by Crippen LogP contribution is -2.55. The zero-order valence-corrected chi connectivity index (χ0v) is 25.0. The predicted octanol–water partition coefficient (Wildman–Crippen LogP) is 3.01. The molecule has 10 heteroatoms. The van der Waals surface area contributed by atoms with Gasteiger partial charge < -0.3 is 29.2 Å². The summed E-state index contributed by atoms with van der Waals surface area (Å²) in [6.07, 6.45) is 8.91. The number of likely N-dealkylation sites (N-methyl/N-ethyl adjacent to an activating group) is 1. The minimum atomic E-state index is -0.188. The van der Waals surface area contributed by atoms with E-state index in [0.29, 0.717) is 44.7 Å². The van der Waals surface area contributed by atoms with Gasteiger partial charge in [0.15, 0.2) is 0 Å². The number of likely N-dealkylation sites (tertiary alicyclic amines) is 1. The van der Waals surface area contributed by atoms with Crippen molar-refractivity contribution < 1.29 is 9.53 Å². The highest BCUT2D eigenvalue weighted by Gasteiger charge is 2.33. The Balaban J connectivity index is 1.31. The normalized spacial score (nSPS) is 22.4. The standard InChI is InChI=1S/C32H42N8O2/c1-4-31(41)40-18-17-38(20-23(40)9-12-33)29-19-30(42-22-24-7-5-14-36(24)2)35-27-21-39(16-11-25(27)29)32-26-8-6-15-37(3)28(26)10-13-34-32/h4,10,13,19,23-24H,1,5-9,11,14-18,20-22H2,2-3H3/t23-,24-/m0/s1. The second-order valence-corrected chi connectivity index (χ2v) is 12.0. The average molecular weight is 571 g/mol. The molecule has 2 saturated heterocycles. The molecular weight excluding hydrogens is 528 g/mol. The molecule has 0 spiro atoms. The molecule has 42 heavy (non-hydrogen) atoms. The summed E-state index contributed by atoms with van der Waals surface area (Å²) in [5.74, 6) is 1.60. The smallest absolute Gasteiger partial charge is 0.246 e. The zero-order valence-electron chi connectivity index (χ0n) is 25.0. The second kappa shape index (κ2) is 12.2. The van der Waals surface area contributed by atoms with Crippen molar-refractivity contribution in [1.82, 2.24) is 19.8 Å². The van der Waals surface area contributed by atoms with Crippen LogP contribution in [0, 0.1) is 11.3 Å². The number of amides is 1. The second-order valence-electron chi connectivity index (χ2n) is 12.0. The molecule has 6 heterocycles. The molecule has 2 aromatic heterocycles. The Morgan fingerprint density at radius 2 is 1.98 bits per heavy atom. The molecular formula is C32H42N8O2. The Morgan fingerprint density at radius 1 is 1.10 bits per heavy atom. The van der Waals surface area contributed by atoms with Gasteiger partial charge >= 0.3 is 0 Å². The molecule has 2 atom stereocenters. The monoisotopic (exact) mass is 570 g/mol. The first kappa shape index (κ1) is 28.3. The van der Waals surface area contributed by atoms with Crippen LogP contribution in [0.4, 0.5) is 17.2 Å². The molecule has 0 radical (unpaired) electrons. The lowest BCUT2D eigenvalue weighted by atomic mass is 9.98. The number of carbonyl (C=O) groups excluding carboxylic acids is 1. The maximum Gasteiger partial charge on any atom is 0.246 e. The van der Waals surface area contributed by atoms with Crippen molar-refractivity contribution in [3.05, 3.63) is 47.8 Å². The van der Waals surface area contributed by atoms with E-state index in [1.165, 1.54) is 29.3 Å². The van der Waals surface area contributed by atoms with Gasteiger partial charge in [0.25, 0.3) is 0 Å². The van der Waals surface area contributed by atoms with Crippen molar-refractivity contribution in [3.8, 4) is 11.9 Å². The van der Waals surface area contributed by atoms with Crippen molar-refractivity contribution in [2.45, 2.75) is 57.2 Å². The van der Waals surface area contributed by atoms with Crippen LogP contribution in [0.2, 0.25) is 0 Å². The molecule has 222 valence electrons. The number of carbonyl (C=O) groups is 1. The first-order valence-electron chi connectivity index (χ1n) is 15.3. The maximum atomic E-state index is 12.5. The van der Waals surface area contributed by atoms with Crippen molar-refractivity contribution in [1.29, 1.82) is 5.26 Å². The van der Waals surface area contributed by atoms with Crippen LogP contribution in [-0.4, -0.2) is 97.7 Å². The molecule has 10 nitrogen and oxygen atoms in total. The number of hydrogen-bond donors (Lipinski definition) is 0. The molecule has 6 rings (SSSR count). The summed E-state index contributed by atoms with van der Waals surface area (Å²) in [7, 11) is 4.32. The van der Waals surface area contributed by atoms with Gasteiger partial charge in [-0.2, -0.15) is 5.26 Å². The molecule has 0 N–H and O–H groups in total. The minimum absolute atomic E-state index is 0.114. The van der Waals surface area contributed by atoms with Crippen LogP contribution < -0.4 is 19.4 Å². The number of nitrogens with zero attached hydrogens (tertiary/aromatic N) is 8. The van der Waals surface area contributed by atoms with Gasteiger partial charge in [-0.25, -0.2) is 9.97 Å². The third kappa shape index (κ3) is 5.50. The molecule has 0 aliphatic carbocycles. The Hall–Kier alpha value is -3.84. The van der Waals surface area contributed by atoms with E-state index in [1.807, 2.05) is 6.20 Å². The van der Waals surface area contributed by atoms with E-state index in [9.17, 15) is 10.1 Å². The van der Waals surface area contributed by atoms with Crippen LogP contribution in [0.15, 0.2) is 31.0 Å². The third-order valence-corrected chi connectivity index (χ3v) is 9.48. The number of rotatable bonds is 7. The summed E-state index contributed by atoms with van der Waals surface area (Å²) < 4.78 is 6.40. The van der Waals surface area contributed by atoms with Crippen molar-refractivity contribution in [2.75, 3.05) is 74.7 Å². The van der Waals surface area contributed by atoms with Crippen LogP contribution in [0.3, 0.4) is 0 Å². The number of pyridine rings is 2. The first-order valence-corrected chi connectivity index (χ1v) is 15.3. The molecule has 1 amide bonds. The SMILES string of the molecule is C=CC(=O)N1CCN(c2cc(OC[C@@H]3CCCN3C)nc3c2CCN(c2nccc4c2CCCN4C)C3)C[C@@H]1CC#N. The highest BCUT2D eigenvalue weighted by atomic mass is 16.5. The van der Waals surface area contributed by atoms with E-state index in [4.69, 9.17) is 14.7 Å². The first-order chi connectivity index (χ1) is 20.5. The van der Waals surface area contributed by atoms with Gasteiger partial charge in [-0.05, 0) is 57.8 Å². The average Bonchev–Trinajstić information content (AvgIpc) is 3.43. The zero-order chi connectivity index (χ0) is 29.2. The lowest BCUT2D eigenvalue weighted by Gasteiger charge is -2.43. The Bertz CT molecular complexity index is 1370. The van der Waals surface area contributed by atoms with Crippen molar-refractivity contribution in [2.24, 2.45) is 0 Å². The molecule has 2 aromatic rings. The van der Waals surface area contributed by atoms with E-state index < -0.39 is 0 Å². The molecule has 0 aromatic carbocycles. The quantitative estimate of drug-likeness (QED) is 0.466. The third-order valence-electron chi connectivity index (χ3n) is 9.48. The van der Waals surface area contributed by atoms with Gasteiger partial charge in [0.05, 0.1) is 30.8 Å². The molecule has 4 aliphatic rings. The van der Waals surface area contributed by atoms with Gasteiger partial charge in [-0.15, -0.1) is 0 Å². The van der Waals surface area contributed by atoms with Gasteiger partial charge in [0.1, 0.15) is 12.4 Å². The van der Waals surface area contributed by atoms with Crippen LogP contribution in [0.25, 0.3) is 0 Å². The fourth-order valence-electron chi connectivity index (χ4n) is 7.12. The minimum Gasteiger partial charge on any atom is -0.476 e. The van der Waals surface area contributed by atoms with Crippen LogP contribution in [-0.2, 0) is 24.2 Å².